The number of hydrogen-bond acceptors (Lipinski definition) is 4. The fourth-order valence-electron chi connectivity index (χ4n) is 2.58. The average Bonchev–Trinajstić information content (AvgIpc) is 2.97. The topological polar surface area (TPSA) is 54.0 Å². The van der Waals surface area contributed by atoms with Gasteiger partial charge in [-0.3, -0.25) is 4.79 Å². The maximum absolute atomic E-state index is 12.4. The van der Waals surface area contributed by atoms with Gasteiger partial charge in [0.25, 0.3) is 0 Å². The molecule has 1 fully saturated rings. The minimum absolute atomic E-state index is 0.186. The van der Waals surface area contributed by atoms with Gasteiger partial charge in [0.05, 0.1) is 17.0 Å². The molecule has 18 heavy (non-hydrogen) atoms. The van der Waals surface area contributed by atoms with Crippen LogP contribution in [0.2, 0.25) is 0 Å². The second kappa shape index (κ2) is 5.80. The van der Waals surface area contributed by atoms with Crippen molar-refractivity contribution in [1.29, 1.82) is 0 Å². The number of thiazole rings is 1. The van der Waals surface area contributed by atoms with Gasteiger partial charge in [-0.25, -0.2) is 4.98 Å². The summed E-state index contributed by atoms with van der Waals surface area (Å²) in [6.45, 7) is 6.49. The summed E-state index contributed by atoms with van der Waals surface area (Å²) in [4.78, 5) is 17.7. The summed E-state index contributed by atoms with van der Waals surface area (Å²) in [7, 11) is 0. The molecule has 0 saturated carbocycles. The molecule has 1 aromatic rings. The van der Waals surface area contributed by atoms with Crippen molar-refractivity contribution in [3.8, 4) is 0 Å². The minimum atomic E-state index is -0.186. The molecule has 1 amide bonds. The van der Waals surface area contributed by atoms with Crippen molar-refractivity contribution in [3.63, 3.8) is 0 Å². The van der Waals surface area contributed by atoms with Gasteiger partial charge < -0.3 is 10.6 Å². The monoisotopic (exact) mass is 267 g/mol. The number of amides is 1. The minimum Gasteiger partial charge on any atom is -0.351 e. The Kier molecular flexibility index (Phi) is 4.35. The van der Waals surface area contributed by atoms with Crippen LogP contribution in [-0.2, 0) is 11.3 Å². The molecule has 2 rings (SSSR count). The van der Waals surface area contributed by atoms with Crippen LogP contribution in [-0.4, -0.2) is 24.0 Å². The van der Waals surface area contributed by atoms with Crippen molar-refractivity contribution in [2.24, 2.45) is 5.41 Å². The predicted octanol–water partition coefficient (Wildman–Crippen LogP) is 1.85. The Morgan fingerprint density at radius 2 is 2.50 bits per heavy atom. The molecule has 0 bridgehead atoms. The smallest absolute Gasteiger partial charge is 0.227 e. The summed E-state index contributed by atoms with van der Waals surface area (Å²) in [5.74, 6) is 0.195. The van der Waals surface area contributed by atoms with E-state index in [2.05, 4.69) is 22.5 Å². The van der Waals surface area contributed by atoms with Crippen LogP contribution in [0.5, 0.6) is 0 Å². The molecule has 1 saturated heterocycles. The number of aryl methyl sites for hydroxylation is 1. The largest absolute Gasteiger partial charge is 0.351 e. The molecule has 1 aliphatic heterocycles. The first-order valence-corrected chi connectivity index (χ1v) is 7.38. The summed E-state index contributed by atoms with van der Waals surface area (Å²) in [5, 5.41) is 7.43. The standard InChI is InChI=1S/C13H21N3OS/c1-3-4-13(5-6-14-9-13)12(17)16-8-11-7-15-10(2)18-11/h7,14H,3-6,8-9H2,1-2H3,(H,16,17). The quantitative estimate of drug-likeness (QED) is 0.856. The Morgan fingerprint density at radius 3 is 3.06 bits per heavy atom. The highest BCUT2D eigenvalue weighted by atomic mass is 32.1. The second-order valence-electron chi connectivity index (χ2n) is 4.99. The van der Waals surface area contributed by atoms with Crippen LogP contribution < -0.4 is 10.6 Å². The Bertz CT molecular complexity index is 410. The van der Waals surface area contributed by atoms with Crippen LogP contribution in [0.3, 0.4) is 0 Å². The molecular formula is C13H21N3OS. The lowest BCUT2D eigenvalue weighted by molar-refractivity contribution is -0.130. The molecule has 0 aliphatic carbocycles. The molecule has 0 radical (unpaired) electrons. The molecule has 1 atom stereocenters. The van der Waals surface area contributed by atoms with Crippen molar-refractivity contribution in [3.05, 3.63) is 16.1 Å². The van der Waals surface area contributed by atoms with Gasteiger partial charge in [0.2, 0.25) is 5.91 Å². The lowest BCUT2D eigenvalue weighted by Gasteiger charge is -2.26. The van der Waals surface area contributed by atoms with Gasteiger partial charge in [-0.05, 0) is 26.3 Å². The van der Waals surface area contributed by atoms with Crippen molar-refractivity contribution in [2.45, 2.75) is 39.7 Å². The highest BCUT2D eigenvalue weighted by Gasteiger charge is 2.39. The predicted molar refractivity (Wildman–Crippen MR) is 73.5 cm³/mol. The third kappa shape index (κ3) is 2.90. The number of aromatic nitrogens is 1. The van der Waals surface area contributed by atoms with Crippen LogP contribution in [0.25, 0.3) is 0 Å². The van der Waals surface area contributed by atoms with E-state index in [1.54, 1.807) is 11.3 Å². The summed E-state index contributed by atoms with van der Waals surface area (Å²) in [5.41, 5.74) is -0.186. The van der Waals surface area contributed by atoms with E-state index in [0.717, 1.165) is 42.2 Å². The zero-order valence-corrected chi connectivity index (χ0v) is 11.9. The molecule has 0 spiro atoms. The lowest BCUT2D eigenvalue weighted by atomic mass is 9.81. The van der Waals surface area contributed by atoms with Gasteiger partial charge >= 0.3 is 0 Å². The summed E-state index contributed by atoms with van der Waals surface area (Å²) >= 11 is 1.64. The molecule has 2 N–H and O–H groups in total. The molecule has 1 unspecified atom stereocenters. The van der Waals surface area contributed by atoms with Crippen LogP contribution in [0.1, 0.15) is 36.1 Å². The molecule has 1 aromatic heterocycles. The number of nitrogens with zero attached hydrogens (tertiary/aromatic N) is 1. The van der Waals surface area contributed by atoms with Crippen LogP contribution >= 0.6 is 11.3 Å². The maximum Gasteiger partial charge on any atom is 0.227 e. The van der Waals surface area contributed by atoms with Crippen LogP contribution in [0.4, 0.5) is 0 Å². The fourth-order valence-corrected chi connectivity index (χ4v) is 3.32. The third-order valence-corrected chi connectivity index (χ3v) is 4.46. The Hall–Kier alpha value is -0.940. The SMILES string of the molecule is CCCC1(C(=O)NCc2cnc(C)s2)CCNC1. The van der Waals surface area contributed by atoms with Gasteiger partial charge in [-0.15, -0.1) is 11.3 Å². The summed E-state index contributed by atoms with van der Waals surface area (Å²) in [6, 6.07) is 0. The highest BCUT2D eigenvalue weighted by molar-refractivity contribution is 7.11. The van der Waals surface area contributed by atoms with Gasteiger partial charge in [0, 0.05) is 17.6 Å². The van der Waals surface area contributed by atoms with Crippen LogP contribution in [0.15, 0.2) is 6.20 Å². The van der Waals surface area contributed by atoms with Crippen molar-refractivity contribution >= 4 is 17.2 Å². The van der Waals surface area contributed by atoms with E-state index in [4.69, 9.17) is 0 Å². The maximum atomic E-state index is 12.4. The molecule has 5 heteroatoms. The number of carbonyl (C=O) groups is 1. The molecule has 100 valence electrons. The molecule has 0 aromatic carbocycles. The normalized spacial score (nSPS) is 23.2. The molecule has 4 nitrogen and oxygen atoms in total. The van der Waals surface area contributed by atoms with E-state index < -0.39 is 0 Å². The molecule has 2 heterocycles. The number of nitrogens with one attached hydrogen (secondary N) is 2. The highest BCUT2D eigenvalue weighted by Crippen LogP contribution is 2.31. The Balaban J connectivity index is 1.93. The number of hydrogen-bond donors (Lipinski definition) is 2. The Labute approximate surface area is 112 Å². The average molecular weight is 267 g/mol. The summed E-state index contributed by atoms with van der Waals surface area (Å²) in [6.07, 6.45) is 4.82. The summed E-state index contributed by atoms with van der Waals surface area (Å²) < 4.78 is 0. The second-order valence-corrected chi connectivity index (χ2v) is 6.30. The van der Waals surface area contributed by atoms with E-state index in [-0.39, 0.29) is 11.3 Å². The lowest BCUT2D eigenvalue weighted by Crippen LogP contribution is -2.42. The van der Waals surface area contributed by atoms with Crippen LogP contribution in [0, 0.1) is 12.3 Å². The molecule has 1 aliphatic rings. The van der Waals surface area contributed by atoms with Crippen molar-refractivity contribution in [1.82, 2.24) is 15.6 Å². The Morgan fingerprint density at radius 1 is 1.67 bits per heavy atom. The first-order chi connectivity index (χ1) is 8.66. The van der Waals surface area contributed by atoms with Crippen molar-refractivity contribution < 1.29 is 4.79 Å². The third-order valence-electron chi connectivity index (χ3n) is 3.55. The zero-order chi connectivity index (χ0) is 13.0. The van der Waals surface area contributed by atoms with E-state index in [9.17, 15) is 4.79 Å². The van der Waals surface area contributed by atoms with E-state index in [1.807, 2.05) is 13.1 Å². The van der Waals surface area contributed by atoms with E-state index in [1.165, 1.54) is 0 Å². The van der Waals surface area contributed by atoms with Gasteiger partial charge in [-0.1, -0.05) is 13.3 Å². The van der Waals surface area contributed by atoms with Gasteiger partial charge in [0.1, 0.15) is 0 Å². The fraction of sp³-hybridized carbons (Fsp3) is 0.692. The van der Waals surface area contributed by atoms with Gasteiger partial charge in [0.15, 0.2) is 0 Å². The molecular weight excluding hydrogens is 246 g/mol. The number of rotatable bonds is 5. The first kappa shape index (κ1) is 13.5. The van der Waals surface area contributed by atoms with E-state index in [0.29, 0.717) is 6.54 Å². The van der Waals surface area contributed by atoms with Gasteiger partial charge in [-0.2, -0.15) is 0 Å². The number of carbonyl (C=O) groups excluding carboxylic acids is 1. The first-order valence-electron chi connectivity index (χ1n) is 6.56. The van der Waals surface area contributed by atoms with E-state index >= 15 is 0 Å². The zero-order valence-electron chi connectivity index (χ0n) is 11.1. The van der Waals surface area contributed by atoms with Crippen molar-refractivity contribution in [2.75, 3.05) is 13.1 Å².